The average molecular weight is 482 g/mol. The molecule has 1 aliphatic rings. The molecule has 0 aromatic heterocycles. The van der Waals surface area contributed by atoms with Crippen LogP contribution >= 0.6 is 11.6 Å². The minimum Gasteiger partial charge on any atom is -0.494 e. The summed E-state index contributed by atoms with van der Waals surface area (Å²) >= 11 is 6.14. The second-order valence-corrected chi connectivity index (χ2v) is 8.62. The highest BCUT2D eigenvalue weighted by atomic mass is 35.5. The van der Waals surface area contributed by atoms with E-state index in [2.05, 4.69) is 17.0 Å². The van der Waals surface area contributed by atoms with Gasteiger partial charge in [0.25, 0.3) is 0 Å². The number of nitrogens with zero attached hydrogens (tertiary/aromatic N) is 1. The van der Waals surface area contributed by atoms with Gasteiger partial charge in [-0.05, 0) is 71.2 Å². The molecule has 0 atom stereocenters. The first-order valence-electron chi connectivity index (χ1n) is 11.4. The fraction of sp³-hybridized carbons (Fsp3) is 0.286. The normalized spacial score (nSPS) is 15.1. The maximum Gasteiger partial charge on any atom is 0.165 e. The lowest BCUT2D eigenvalue weighted by Crippen LogP contribution is -2.38. The Morgan fingerprint density at radius 1 is 0.941 bits per heavy atom. The van der Waals surface area contributed by atoms with Crippen LogP contribution in [-0.2, 0) is 4.74 Å². The van der Waals surface area contributed by atoms with Crippen molar-refractivity contribution in [1.29, 1.82) is 0 Å². The van der Waals surface area contributed by atoms with E-state index in [4.69, 9.17) is 25.8 Å². The summed E-state index contributed by atoms with van der Waals surface area (Å²) in [7, 11) is 1.47. The molecule has 0 amide bonds. The smallest absolute Gasteiger partial charge is 0.165 e. The van der Waals surface area contributed by atoms with Crippen molar-refractivity contribution in [3.63, 3.8) is 0 Å². The summed E-state index contributed by atoms with van der Waals surface area (Å²) in [6.07, 6.45) is 0. The summed E-state index contributed by atoms with van der Waals surface area (Å²) in [6.45, 7) is 7.01. The van der Waals surface area contributed by atoms with E-state index in [0.29, 0.717) is 11.6 Å². The molecule has 0 aliphatic carbocycles. The Labute approximate surface area is 205 Å². The zero-order valence-corrected chi connectivity index (χ0v) is 20.3. The first kappa shape index (κ1) is 24.3. The maximum atomic E-state index is 14.0. The van der Waals surface area contributed by atoms with Crippen LogP contribution in [0.1, 0.15) is 23.6 Å². The summed E-state index contributed by atoms with van der Waals surface area (Å²) in [5, 5.41) is 0.674. The zero-order chi connectivity index (χ0) is 23.9. The monoisotopic (exact) mass is 481 g/mol. The fourth-order valence-electron chi connectivity index (χ4n) is 4.09. The number of benzene rings is 3. The number of methoxy groups -OCH3 is 1. The Balaban J connectivity index is 1.60. The standard InChI is InChI=1S/C28H29ClFNO3/c1-20(23-7-12-26(30)27(19-23)32-2)28(21-3-8-24(29)9-4-21)22-5-10-25(11-6-22)34-18-15-31-13-16-33-17-14-31/h3-12,19H,13-18H2,1-2H3/b28-20+. The van der Waals surface area contributed by atoms with Gasteiger partial charge in [-0.3, -0.25) is 4.90 Å². The minimum atomic E-state index is -0.384. The first-order valence-corrected chi connectivity index (χ1v) is 11.8. The van der Waals surface area contributed by atoms with Gasteiger partial charge in [0.05, 0.1) is 20.3 Å². The summed E-state index contributed by atoms with van der Waals surface area (Å²) in [4.78, 5) is 2.35. The molecule has 4 nitrogen and oxygen atoms in total. The molecule has 1 fully saturated rings. The van der Waals surface area contributed by atoms with E-state index in [1.54, 1.807) is 12.1 Å². The Morgan fingerprint density at radius 2 is 1.56 bits per heavy atom. The highest BCUT2D eigenvalue weighted by molar-refractivity contribution is 6.30. The molecule has 0 radical (unpaired) electrons. The van der Waals surface area contributed by atoms with Crippen molar-refractivity contribution in [3.8, 4) is 11.5 Å². The number of morpholine rings is 1. The molecule has 1 heterocycles. The molecule has 178 valence electrons. The Hall–Kier alpha value is -2.86. The Bertz CT molecular complexity index is 1120. The third-order valence-electron chi connectivity index (χ3n) is 6.01. The van der Waals surface area contributed by atoms with Crippen molar-refractivity contribution in [3.05, 3.63) is 94.3 Å². The molecule has 0 bridgehead atoms. The molecule has 6 heteroatoms. The van der Waals surface area contributed by atoms with Crippen LogP contribution in [0.25, 0.3) is 11.1 Å². The third-order valence-corrected chi connectivity index (χ3v) is 6.27. The number of hydrogen-bond donors (Lipinski definition) is 0. The second-order valence-electron chi connectivity index (χ2n) is 8.18. The Morgan fingerprint density at radius 3 is 2.21 bits per heavy atom. The van der Waals surface area contributed by atoms with E-state index < -0.39 is 0 Å². The zero-order valence-electron chi connectivity index (χ0n) is 19.5. The number of ether oxygens (including phenoxy) is 3. The molecular formula is C28H29ClFNO3. The Kier molecular flexibility index (Phi) is 8.22. The summed E-state index contributed by atoms with van der Waals surface area (Å²) in [5.74, 6) is 0.663. The van der Waals surface area contributed by atoms with E-state index >= 15 is 0 Å². The second kappa shape index (κ2) is 11.5. The van der Waals surface area contributed by atoms with Gasteiger partial charge in [-0.2, -0.15) is 0 Å². The molecule has 3 aromatic carbocycles. The number of halogens is 2. The number of allylic oxidation sites excluding steroid dienone is 1. The van der Waals surface area contributed by atoms with Crippen LogP contribution in [0.5, 0.6) is 11.5 Å². The van der Waals surface area contributed by atoms with Gasteiger partial charge in [-0.1, -0.05) is 41.9 Å². The molecule has 0 saturated carbocycles. The summed E-state index contributed by atoms with van der Waals surface area (Å²) < 4.78 is 30.6. The molecule has 34 heavy (non-hydrogen) atoms. The van der Waals surface area contributed by atoms with Crippen LogP contribution in [-0.4, -0.2) is 51.5 Å². The molecule has 0 spiro atoms. The van der Waals surface area contributed by atoms with E-state index in [-0.39, 0.29) is 11.6 Å². The third kappa shape index (κ3) is 5.98. The van der Waals surface area contributed by atoms with Gasteiger partial charge in [-0.25, -0.2) is 4.39 Å². The van der Waals surface area contributed by atoms with Crippen molar-refractivity contribution >= 4 is 22.7 Å². The highest BCUT2D eigenvalue weighted by Crippen LogP contribution is 2.35. The molecule has 0 N–H and O–H groups in total. The fourth-order valence-corrected chi connectivity index (χ4v) is 4.21. The van der Waals surface area contributed by atoms with Gasteiger partial charge in [0.15, 0.2) is 11.6 Å². The van der Waals surface area contributed by atoms with E-state index in [1.807, 2.05) is 43.3 Å². The van der Waals surface area contributed by atoms with Gasteiger partial charge >= 0.3 is 0 Å². The summed E-state index contributed by atoms with van der Waals surface area (Å²) in [5.41, 5.74) is 4.97. The lowest BCUT2D eigenvalue weighted by atomic mass is 9.90. The molecule has 4 rings (SSSR count). The van der Waals surface area contributed by atoms with Crippen molar-refractivity contribution in [1.82, 2.24) is 4.90 Å². The molecular weight excluding hydrogens is 453 g/mol. The van der Waals surface area contributed by atoms with E-state index in [1.165, 1.54) is 13.2 Å². The van der Waals surface area contributed by atoms with Gasteiger partial charge in [-0.15, -0.1) is 0 Å². The van der Waals surface area contributed by atoms with Crippen LogP contribution in [0.15, 0.2) is 66.7 Å². The van der Waals surface area contributed by atoms with Gasteiger partial charge < -0.3 is 14.2 Å². The van der Waals surface area contributed by atoms with Crippen LogP contribution in [0.2, 0.25) is 5.02 Å². The molecule has 1 saturated heterocycles. The van der Waals surface area contributed by atoms with Gasteiger partial charge in [0.2, 0.25) is 0 Å². The van der Waals surface area contributed by atoms with Crippen molar-refractivity contribution in [2.75, 3.05) is 46.6 Å². The van der Waals surface area contributed by atoms with Crippen LogP contribution < -0.4 is 9.47 Å². The lowest BCUT2D eigenvalue weighted by molar-refractivity contribution is 0.0322. The molecule has 1 aliphatic heterocycles. The predicted octanol–water partition coefficient (Wildman–Crippen LogP) is 6.18. The van der Waals surface area contributed by atoms with E-state index in [0.717, 1.165) is 66.4 Å². The van der Waals surface area contributed by atoms with Gasteiger partial charge in [0.1, 0.15) is 12.4 Å². The average Bonchev–Trinajstić information content (AvgIpc) is 2.87. The summed E-state index contributed by atoms with van der Waals surface area (Å²) in [6, 6.07) is 20.8. The van der Waals surface area contributed by atoms with E-state index in [9.17, 15) is 4.39 Å². The topological polar surface area (TPSA) is 30.9 Å². The number of hydrogen-bond acceptors (Lipinski definition) is 4. The van der Waals surface area contributed by atoms with Gasteiger partial charge in [0, 0.05) is 24.7 Å². The number of rotatable bonds is 8. The minimum absolute atomic E-state index is 0.219. The van der Waals surface area contributed by atoms with Crippen molar-refractivity contribution in [2.45, 2.75) is 6.92 Å². The quantitative estimate of drug-likeness (QED) is 0.359. The maximum absolute atomic E-state index is 14.0. The SMILES string of the molecule is COc1cc(/C(C)=C(\c2ccc(Cl)cc2)c2ccc(OCCN3CCOCC3)cc2)ccc1F. The van der Waals surface area contributed by atoms with Crippen LogP contribution in [0.4, 0.5) is 4.39 Å². The predicted molar refractivity (Wildman–Crippen MR) is 135 cm³/mol. The van der Waals surface area contributed by atoms with Crippen LogP contribution in [0, 0.1) is 5.82 Å². The largest absolute Gasteiger partial charge is 0.494 e. The molecule has 0 unspecified atom stereocenters. The van der Waals surface area contributed by atoms with Crippen molar-refractivity contribution in [2.24, 2.45) is 0 Å². The van der Waals surface area contributed by atoms with Crippen LogP contribution in [0.3, 0.4) is 0 Å². The lowest BCUT2D eigenvalue weighted by Gasteiger charge is -2.26. The molecule has 3 aromatic rings. The highest BCUT2D eigenvalue weighted by Gasteiger charge is 2.14. The first-order chi connectivity index (χ1) is 16.5. The van der Waals surface area contributed by atoms with Crippen molar-refractivity contribution < 1.29 is 18.6 Å².